The van der Waals surface area contributed by atoms with Crippen LogP contribution in [0.15, 0.2) is 11.4 Å². The summed E-state index contributed by atoms with van der Waals surface area (Å²) >= 11 is 3.25. The summed E-state index contributed by atoms with van der Waals surface area (Å²) in [5, 5.41) is 10.4. The first-order chi connectivity index (χ1) is 9.84. The highest BCUT2D eigenvalue weighted by molar-refractivity contribution is 7.99. The van der Waals surface area contributed by atoms with Crippen LogP contribution in [0.1, 0.15) is 51.8 Å². The molecule has 0 bridgehead atoms. The Bertz CT molecular complexity index is 508. The molecule has 0 spiro atoms. The zero-order chi connectivity index (χ0) is 15.6. The molecule has 2 atom stereocenters. The molecule has 2 unspecified atom stereocenters. The maximum atomic E-state index is 10.9. The summed E-state index contributed by atoms with van der Waals surface area (Å²) in [6.45, 7) is 6.57. The third-order valence-corrected chi connectivity index (χ3v) is 6.02. The number of imidazole rings is 1. The number of carboxylic acids is 1. The number of aromatic nitrogens is 2. The highest BCUT2D eigenvalue weighted by Gasteiger charge is 2.33. The maximum Gasteiger partial charge on any atom is 0.313 e. The van der Waals surface area contributed by atoms with Gasteiger partial charge in [-0.15, -0.1) is 0 Å². The second-order valence-electron chi connectivity index (χ2n) is 6.50. The van der Waals surface area contributed by atoms with Gasteiger partial charge in [0.05, 0.1) is 5.75 Å². The highest BCUT2D eigenvalue weighted by Crippen LogP contribution is 2.42. The van der Waals surface area contributed by atoms with Gasteiger partial charge in [-0.3, -0.25) is 4.79 Å². The first-order valence-electron chi connectivity index (χ1n) is 7.29. The minimum atomic E-state index is -0.792. The van der Waals surface area contributed by atoms with Crippen molar-refractivity contribution in [2.75, 3.05) is 12.0 Å². The minimum Gasteiger partial charge on any atom is -0.481 e. The Morgan fingerprint density at radius 3 is 2.76 bits per heavy atom. The number of carbonyl (C=O) groups is 1. The van der Waals surface area contributed by atoms with E-state index >= 15 is 0 Å². The van der Waals surface area contributed by atoms with Crippen molar-refractivity contribution in [3.05, 3.63) is 11.9 Å². The molecule has 0 amide bonds. The Hall–Kier alpha value is -0.620. The van der Waals surface area contributed by atoms with Crippen molar-refractivity contribution < 1.29 is 9.90 Å². The van der Waals surface area contributed by atoms with Crippen molar-refractivity contribution in [2.45, 2.75) is 61.9 Å². The largest absolute Gasteiger partial charge is 0.481 e. The summed E-state index contributed by atoms with van der Waals surface area (Å²) in [6, 6.07) is 0.438. The molecule has 1 aliphatic rings. The average Bonchev–Trinajstić information content (AvgIpc) is 3.00. The first kappa shape index (κ1) is 16.7. The Balaban J connectivity index is 2.38. The normalized spacial score (nSPS) is 22.7. The van der Waals surface area contributed by atoms with Crippen molar-refractivity contribution in [1.82, 2.24) is 9.55 Å². The van der Waals surface area contributed by atoms with Gasteiger partial charge in [0.15, 0.2) is 5.16 Å². The molecule has 1 heterocycles. The topological polar surface area (TPSA) is 55.1 Å². The van der Waals surface area contributed by atoms with Gasteiger partial charge in [0.2, 0.25) is 0 Å². The summed E-state index contributed by atoms with van der Waals surface area (Å²) in [6.07, 6.45) is 7.73. The van der Waals surface area contributed by atoms with E-state index in [0.29, 0.717) is 11.3 Å². The zero-order valence-corrected chi connectivity index (χ0v) is 14.8. The van der Waals surface area contributed by atoms with Crippen LogP contribution in [-0.4, -0.2) is 37.9 Å². The third-order valence-electron chi connectivity index (χ3n) is 3.91. The van der Waals surface area contributed by atoms with Crippen molar-refractivity contribution in [3.8, 4) is 0 Å². The fraction of sp³-hybridized carbons (Fsp3) is 0.733. The molecule has 0 saturated heterocycles. The molecule has 1 fully saturated rings. The molecular weight excluding hydrogens is 304 g/mol. The molecule has 1 N–H and O–H groups in total. The fourth-order valence-corrected chi connectivity index (χ4v) is 4.66. The SMILES string of the molecule is CSC1CCCC1n1c(C(C)(C)C)cnc1SCC(=O)O. The van der Waals surface area contributed by atoms with E-state index in [9.17, 15) is 4.79 Å². The van der Waals surface area contributed by atoms with Gasteiger partial charge in [0.25, 0.3) is 0 Å². The predicted molar refractivity (Wildman–Crippen MR) is 89.5 cm³/mol. The minimum absolute atomic E-state index is 0.0145. The van der Waals surface area contributed by atoms with Crippen LogP contribution in [0.5, 0.6) is 0 Å². The lowest BCUT2D eigenvalue weighted by Gasteiger charge is -2.28. The van der Waals surface area contributed by atoms with E-state index in [4.69, 9.17) is 5.11 Å². The van der Waals surface area contributed by atoms with E-state index in [1.807, 2.05) is 18.0 Å². The Morgan fingerprint density at radius 2 is 2.19 bits per heavy atom. The number of hydrogen-bond donors (Lipinski definition) is 1. The molecule has 4 nitrogen and oxygen atoms in total. The molecule has 0 aromatic carbocycles. The number of aliphatic carboxylic acids is 1. The highest BCUT2D eigenvalue weighted by atomic mass is 32.2. The van der Waals surface area contributed by atoms with Crippen molar-refractivity contribution in [3.63, 3.8) is 0 Å². The van der Waals surface area contributed by atoms with Crippen molar-refractivity contribution in [1.29, 1.82) is 0 Å². The second-order valence-corrected chi connectivity index (χ2v) is 8.52. The van der Waals surface area contributed by atoms with Crippen LogP contribution in [0.3, 0.4) is 0 Å². The standard InChI is InChI=1S/C15H24N2O2S2/c1-15(2,3)12-8-16-14(21-9-13(18)19)17(12)10-6-5-7-11(10)20-4/h8,10-11H,5-7,9H2,1-4H3,(H,18,19). The summed E-state index contributed by atoms with van der Waals surface area (Å²) < 4.78 is 2.32. The fourth-order valence-electron chi connectivity index (χ4n) is 2.93. The van der Waals surface area contributed by atoms with Crippen molar-refractivity contribution >= 4 is 29.5 Å². The van der Waals surface area contributed by atoms with Gasteiger partial charge in [-0.2, -0.15) is 11.8 Å². The van der Waals surface area contributed by atoms with Gasteiger partial charge < -0.3 is 9.67 Å². The number of nitrogens with zero attached hydrogens (tertiary/aromatic N) is 2. The molecule has 1 saturated carbocycles. The van der Waals surface area contributed by atoms with Crippen LogP contribution in [0.25, 0.3) is 0 Å². The lowest BCUT2D eigenvalue weighted by molar-refractivity contribution is -0.133. The van der Waals surface area contributed by atoms with Gasteiger partial charge in [-0.05, 0) is 19.1 Å². The average molecular weight is 329 g/mol. The van der Waals surface area contributed by atoms with Crippen LogP contribution in [-0.2, 0) is 10.2 Å². The molecule has 0 radical (unpaired) electrons. The van der Waals surface area contributed by atoms with Crippen LogP contribution >= 0.6 is 23.5 Å². The molecule has 6 heteroatoms. The van der Waals surface area contributed by atoms with Crippen LogP contribution < -0.4 is 0 Å². The van der Waals surface area contributed by atoms with E-state index < -0.39 is 5.97 Å². The quantitative estimate of drug-likeness (QED) is 0.833. The lowest BCUT2D eigenvalue weighted by atomic mass is 9.92. The Labute approximate surface area is 135 Å². The molecule has 118 valence electrons. The van der Waals surface area contributed by atoms with Crippen LogP contribution in [0.4, 0.5) is 0 Å². The number of carboxylic acid groups (broad SMARTS) is 1. The number of rotatable bonds is 5. The molecule has 2 rings (SSSR count). The van der Waals surface area contributed by atoms with Gasteiger partial charge in [-0.25, -0.2) is 4.98 Å². The van der Waals surface area contributed by atoms with Crippen LogP contribution in [0, 0.1) is 0 Å². The van der Waals surface area contributed by atoms with Crippen molar-refractivity contribution in [2.24, 2.45) is 0 Å². The van der Waals surface area contributed by atoms with Gasteiger partial charge in [-0.1, -0.05) is 39.0 Å². The number of hydrogen-bond acceptors (Lipinski definition) is 4. The maximum absolute atomic E-state index is 10.9. The molecule has 1 aromatic rings. The molecule has 1 aliphatic carbocycles. The lowest BCUT2D eigenvalue weighted by Crippen LogP contribution is -2.25. The van der Waals surface area contributed by atoms with E-state index in [1.165, 1.54) is 30.3 Å². The Kier molecular flexibility index (Phi) is 5.30. The van der Waals surface area contributed by atoms with Crippen LogP contribution in [0.2, 0.25) is 0 Å². The summed E-state index contributed by atoms with van der Waals surface area (Å²) in [4.78, 5) is 15.4. The predicted octanol–water partition coefficient (Wildman–Crippen LogP) is 3.81. The van der Waals surface area contributed by atoms with Gasteiger partial charge >= 0.3 is 5.97 Å². The number of thioether (sulfide) groups is 2. The summed E-state index contributed by atoms with van der Waals surface area (Å²) in [5.41, 5.74) is 1.22. The monoisotopic (exact) mass is 328 g/mol. The van der Waals surface area contributed by atoms with E-state index in [0.717, 1.165) is 11.6 Å². The summed E-state index contributed by atoms with van der Waals surface area (Å²) in [7, 11) is 0. The molecule has 1 aromatic heterocycles. The first-order valence-corrected chi connectivity index (χ1v) is 9.57. The second kappa shape index (κ2) is 6.65. The van der Waals surface area contributed by atoms with E-state index in [1.54, 1.807) is 0 Å². The van der Waals surface area contributed by atoms with E-state index in [-0.39, 0.29) is 11.2 Å². The zero-order valence-electron chi connectivity index (χ0n) is 13.1. The third kappa shape index (κ3) is 3.77. The molecule has 0 aliphatic heterocycles. The van der Waals surface area contributed by atoms with E-state index in [2.05, 4.69) is 36.6 Å². The van der Waals surface area contributed by atoms with Gasteiger partial charge in [0.1, 0.15) is 0 Å². The smallest absolute Gasteiger partial charge is 0.313 e. The molecule has 21 heavy (non-hydrogen) atoms. The van der Waals surface area contributed by atoms with Gasteiger partial charge in [0, 0.05) is 28.6 Å². The molecular formula is C15H24N2O2S2. The Morgan fingerprint density at radius 1 is 1.48 bits per heavy atom. The summed E-state index contributed by atoms with van der Waals surface area (Å²) in [5.74, 6) is -0.725.